The van der Waals surface area contributed by atoms with Crippen LogP contribution in [0.25, 0.3) is 0 Å². The molecule has 21 heavy (non-hydrogen) atoms. The summed E-state index contributed by atoms with van der Waals surface area (Å²) >= 11 is 0. The van der Waals surface area contributed by atoms with Crippen molar-refractivity contribution in [3.05, 3.63) is 0 Å². The van der Waals surface area contributed by atoms with Crippen molar-refractivity contribution in [2.45, 2.75) is 76.0 Å². The maximum atomic E-state index is 12.3. The Hall–Kier alpha value is -0.320. The summed E-state index contributed by atoms with van der Waals surface area (Å²) in [4.78, 5) is 12.3. The maximum Gasteiger partial charge on any atom is 0.222 e. The van der Waals surface area contributed by atoms with E-state index in [1.165, 1.54) is 25.7 Å². The first-order chi connectivity index (χ1) is 9.72. The number of amides is 1. The molecule has 122 valence electrons. The van der Waals surface area contributed by atoms with E-state index in [0.717, 1.165) is 32.3 Å². The molecular weight excluding hydrogens is 288 g/mol. The number of carbonyl (C=O) groups excluding carboxylic acids is 1. The molecule has 0 aromatic rings. The van der Waals surface area contributed by atoms with Crippen molar-refractivity contribution in [3.63, 3.8) is 0 Å². The third-order valence-electron chi connectivity index (χ3n) is 5.39. The van der Waals surface area contributed by atoms with Crippen LogP contribution in [0.3, 0.4) is 0 Å². The summed E-state index contributed by atoms with van der Waals surface area (Å²) in [6.45, 7) is 0.821. The van der Waals surface area contributed by atoms with E-state index in [0.29, 0.717) is 30.3 Å². The Morgan fingerprint density at radius 3 is 2.43 bits per heavy atom. The van der Waals surface area contributed by atoms with E-state index in [2.05, 4.69) is 5.32 Å². The molecule has 3 aliphatic rings. The van der Waals surface area contributed by atoms with Crippen LogP contribution in [0.5, 0.6) is 0 Å². The molecule has 0 aromatic carbocycles. The van der Waals surface area contributed by atoms with Crippen LogP contribution in [0.15, 0.2) is 0 Å². The van der Waals surface area contributed by atoms with E-state index in [-0.39, 0.29) is 24.4 Å². The minimum absolute atomic E-state index is 0. The molecule has 2 bridgehead atoms. The lowest BCUT2D eigenvalue weighted by Gasteiger charge is -2.45. The van der Waals surface area contributed by atoms with E-state index >= 15 is 0 Å². The largest absolute Gasteiger partial charge is 0.378 e. The summed E-state index contributed by atoms with van der Waals surface area (Å²) < 4.78 is 5.67. The van der Waals surface area contributed by atoms with E-state index in [4.69, 9.17) is 10.5 Å². The second-order valence-corrected chi connectivity index (χ2v) is 6.97. The number of ether oxygens (including phenoxy) is 1. The second-order valence-electron chi connectivity index (χ2n) is 6.97. The van der Waals surface area contributed by atoms with E-state index in [1.807, 2.05) is 0 Å². The van der Waals surface area contributed by atoms with E-state index < -0.39 is 0 Å². The molecule has 1 aliphatic heterocycles. The normalized spacial score (nSPS) is 39.2. The van der Waals surface area contributed by atoms with Gasteiger partial charge in [-0.1, -0.05) is 6.42 Å². The molecule has 1 heterocycles. The number of nitrogens with two attached hydrogens (primary N) is 1. The van der Waals surface area contributed by atoms with Gasteiger partial charge in [-0.3, -0.25) is 4.79 Å². The predicted octanol–water partition coefficient (Wildman–Crippen LogP) is 2.39. The first-order valence-electron chi connectivity index (χ1n) is 8.39. The highest BCUT2D eigenvalue weighted by Gasteiger charge is 2.40. The summed E-state index contributed by atoms with van der Waals surface area (Å²) in [7, 11) is 0. The highest BCUT2D eigenvalue weighted by molar-refractivity contribution is 5.85. The standard InChI is InChI=1S/C16H28N2O2.ClH/c17-13-8-11-4-3-5-12(9-13)16(11)18-15(19)10-14-6-1-2-7-20-14;/h11-14,16H,1-10,17H2,(H,18,19);1H. The number of rotatable bonds is 3. The van der Waals surface area contributed by atoms with Crippen LogP contribution in [-0.4, -0.2) is 30.7 Å². The van der Waals surface area contributed by atoms with E-state index in [9.17, 15) is 4.79 Å². The number of fused-ring (bicyclic) bond motifs is 2. The zero-order valence-electron chi connectivity index (χ0n) is 12.8. The summed E-state index contributed by atoms with van der Waals surface area (Å²) in [5, 5.41) is 3.31. The first kappa shape index (κ1) is 17.0. The monoisotopic (exact) mass is 316 g/mol. The van der Waals surface area contributed by atoms with Gasteiger partial charge in [0.15, 0.2) is 0 Å². The van der Waals surface area contributed by atoms with E-state index in [1.54, 1.807) is 0 Å². The van der Waals surface area contributed by atoms with Crippen molar-refractivity contribution in [2.75, 3.05) is 6.61 Å². The Kier molecular flexibility index (Phi) is 6.33. The molecule has 0 aromatic heterocycles. The lowest BCUT2D eigenvalue weighted by atomic mass is 9.67. The fraction of sp³-hybridized carbons (Fsp3) is 0.938. The van der Waals surface area contributed by atoms with Crippen LogP contribution in [0.4, 0.5) is 0 Å². The highest BCUT2D eigenvalue weighted by Crippen LogP contribution is 2.39. The first-order valence-corrected chi connectivity index (χ1v) is 8.39. The molecule has 3 atom stereocenters. The number of carbonyl (C=O) groups is 1. The summed E-state index contributed by atoms with van der Waals surface area (Å²) in [6, 6.07) is 0.722. The Bertz CT molecular complexity index is 333. The van der Waals surface area contributed by atoms with Crippen molar-refractivity contribution in [2.24, 2.45) is 17.6 Å². The Morgan fingerprint density at radius 1 is 1.10 bits per heavy atom. The van der Waals surface area contributed by atoms with Gasteiger partial charge < -0.3 is 15.8 Å². The molecule has 3 N–H and O–H groups in total. The van der Waals surface area contributed by atoms with Gasteiger partial charge in [0.25, 0.3) is 0 Å². The number of hydrogen-bond acceptors (Lipinski definition) is 3. The van der Waals surface area contributed by atoms with Crippen LogP contribution in [-0.2, 0) is 9.53 Å². The average molecular weight is 317 g/mol. The minimum atomic E-state index is 0. The maximum absolute atomic E-state index is 12.3. The molecule has 2 saturated carbocycles. The molecule has 1 saturated heterocycles. The average Bonchev–Trinajstić information content (AvgIpc) is 2.41. The molecule has 5 heteroatoms. The van der Waals surface area contributed by atoms with Crippen LogP contribution >= 0.6 is 12.4 Å². The highest BCUT2D eigenvalue weighted by atomic mass is 35.5. The van der Waals surface area contributed by atoms with Crippen molar-refractivity contribution in [1.82, 2.24) is 5.32 Å². The quantitative estimate of drug-likeness (QED) is 0.840. The van der Waals surface area contributed by atoms with Crippen LogP contribution in [0.1, 0.15) is 57.8 Å². The molecule has 3 rings (SSSR count). The Balaban J connectivity index is 0.00000161. The fourth-order valence-electron chi connectivity index (χ4n) is 4.44. The fourth-order valence-corrected chi connectivity index (χ4v) is 4.44. The van der Waals surface area contributed by atoms with Crippen LogP contribution < -0.4 is 11.1 Å². The molecule has 3 unspecified atom stereocenters. The zero-order chi connectivity index (χ0) is 13.9. The molecule has 4 nitrogen and oxygen atoms in total. The van der Waals surface area contributed by atoms with Crippen LogP contribution in [0.2, 0.25) is 0 Å². The summed E-state index contributed by atoms with van der Waals surface area (Å²) in [5.74, 6) is 1.40. The van der Waals surface area contributed by atoms with Crippen molar-refractivity contribution in [3.8, 4) is 0 Å². The van der Waals surface area contributed by atoms with Gasteiger partial charge in [0, 0.05) is 18.7 Å². The second kappa shape index (κ2) is 7.80. The third-order valence-corrected chi connectivity index (χ3v) is 5.39. The summed E-state index contributed by atoms with van der Waals surface area (Å²) in [6.07, 6.45) is 10.0. The van der Waals surface area contributed by atoms with Gasteiger partial charge in [-0.2, -0.15) is 0 Å². The van der Waals surface area contributed by atoms with Crippen molar-refractivity contribution in [1.29, 1.82) is 0 Å². The van der Waals surface area contributed by atoms with Crippen molar-refractivity contribution >= 4 is 18.3 Å². The number of hydrogen-bond donors (Lipinski definition) is 2. The van der Waals surface area contributed by atoms with Gasteiger partial charge in [0.2, 0.25) is 5.91 Å². The van der Waals surface area contributed by atoms with Gasteiger partial charge in [-0.05, 0) is 56.8 Å². The molecule has 1 amide bonds. The summed E-state index contributed by atoms with van der Waals surface area (Å²) in [5.41, 5.74) is 6.13. The van der Waals surface area contributed by atoms with Gasteiger partial charge in [0.1, 0.15) is 0 Å². The topological polar surface area (TPSA) is 64.3 Å². The van der Waals surface area contributed by atoms with Crippen molar-refractivity contribution < 1.29 is 9.53 Å². The Morgan fingerprint density at radius 2 is 1.81 bits per heavy atom. The van der Waals surface area contributed by atoms with Gasteiger partial charge >= 0.3 is 0 Å². The predicted molar refractivity (Wildman–Crippen MR) is 85.4 cm³/mol. The van der Waals surface area contributed by atoms with Gasteiger partial charge in [-0.15, -0.1) is 12.4 Å². The molecule has 2 aliphatic carbocycles. The SMILES string of the molecule is Cl.NC1CC2CCCC(C1)C2NC(=O)CC1CCCCO1. The number of halogens is 1. The lowest BCUT2D eigenvalue weighted by Crippen LogP contribution is -2.54. The minimum Gasteiger partial charge on any atom is -0.378 e. The zero-order valence-corrected chi connectivity index (χ0v) is 13.6. The molecule has 3 fully saturated rings. The molecular formula is C16H29ClN2O2. The molecule has 0 spiro atoms. The van der Waals surface area contributed by atoms with Gasteiger partial charge in [0.05, 0.1) is 12.5 Å². The Labute approximate surface area is 134 Å². The third kappa shape index (κ3) is 4.33. The smallest absolute Gasteiger partial charge is 0.222 e. The lowest BCUT2D eigenvalue weighted by molar-refractivity contribution is -0.127. The van der Waals surface area contributed by atoms with Gasteiger partial charge in [-0.25, -0.2) is 0 Å². The molecule has 0 radical (unpaired) electrons. The number of nitrogens with one attached hydrogen (secondary N) is 1. The van der Waals surface area contributed by atoms with Crippen LogP contribution in [0, 0.1) is 11.8 Å².